The van der Waals surface area contributed by atoms with Gasteiger partial charge in [-0.3, -0.25) is 14.8 Å². The maximum atomic E-state index is 12.2. The van der Waals surface area contributed by atoms with E-state index in [1.165, 1.54) is 5.56 Å². The highest BCUT2D eigenvalue weighted by molar-refractivity contribution is 5.78. The molecular weight excluding hydrogens is 304 g/mol. The average molecular weight is 328 g/mol. The number of aromatic amines is 1. The van der Waals surface area contributed by atoms with Crippen LogP contribution in [0, 0.1) is 5.92 Å². The van der Waals surface area contributed by atoms with Crippen LogP contribution in [-0.2, 0) is 17.8 Å². The van der Waals surface area contributed by atoms with Crippen LogP contribution in [0.5, 0.6) is 0 Å². The molecular formula is C18H24N4O2. The number of likely N-dealkylation sites (tertiary alicyclic amines) is 1. The Kier molecular flexibility index (Phi) is 5.61. The summed E-state index contributed by atoms with van der Waals surface area (Å²) < 4.78 is 0. The number of H-pyrrole nitrogens is 1. The minimum absolute atomic E-state index is 0.0251. The summed E-state index contributed by atoms with van der Waals surface area (Å²) in [6.45, 7) is 2.67. The number of aliphatic hydroxyl groups excluding tert-OH is 1. The summed E-state index contributed by atoms with van der Waals surface area (Å²) in [4.78, 5) is 14.6. The smallest absolute Gasteiger partial charge is 0.226 e. The molecule has 1 aliphatic rings. The van der Waals surface area contributed by atoms with Gasteiger partial charge >= 0.3 is 0 Å². The van der Waals surface area contributed by atoms with Crippen molar-refractivity contribution in [2.24, 2.45) is 5.92 Å². The third-order valence-electron chi connectivity index (χ3n) is 4.58. The Morgan fingerprint density at radius 2 is 2.17 bits per heavy atom. The number of piperidine rings is 1. The van der Waals surface area contributed by atoms with Crippen LogP contribution in [0.1, 0.15) is 17.7 Å². The van der Waals surface area contributed by atoms with Crippen molar-refractivity contribution in [1.82, 2.24) is 20.4 Å². The largest absolute Gasteiger partial charge is 0.396 e. The number of carbonyl (C=O) groups excluding carboxylic acids is 1. The van der Waals surface area contributed by atoms with Crippen LogP contribution >= 0.6 is 0 Å². The Bertz CT molecular complexity index is 630. The van der Waals surface area contributed by atoms with Gasteiger partial charge in [-0.05, 0) is 24.6 Å². The van der Waals surface area contributed by atoms with Crippen LogP contribution in [0.2, 0.25) is 0 Å². The molecule has 1 amide bonds. The zero-order valence-electron chi connectivity index (χ0n) is 13.7. The van der Waals surface area contributed by atoms with Crippen molar-refractivity contribution < 1.29 is 9.90 Å². The molecule has 0 radical (unpaired) electrons. The quantitative estimate of drug-likeness (QED) is 0.737. The number of carbonyl (C=O) groups is 1. The standard InChI is InChI=1S/C18H24N4O2/c23-13-15-7-9-22(11-14-4-2-1-3-5-14)12-17(15)20-18(24)10-16-6-8-19-21-16/h1-6,8,15,17,23H,7,9-13H2,(H,19,21)(H,20,24)/t15-,17+/m0/s1. The molecule has 0 bridgehead atoms. The van der Waals surface area contributed by atoms with Gasteiger partial charge in [0.15, 0.2) is 0 Å². The van der Waals surface area contributed by atoms with E-state index in [1.807, 2.05) is 18.2 Å². The lowest BCUT2D eigenvalue weighted by molar-refractivity contribution is -0.122. The van der Waals surface area contributed by atoms with Crippen molar-refractivity contribution in [3.8, 4) is 0 Å². The topological polar surface area (TPSA) is 81.2 Å². The van der Waals surface area contributed by atoms with E-state index in [0.717, 1.165) is 31.7 Å². The third-order valence-corrected chi connectivity index (χ3v) is 4.58. The van der Waals surface area contributed by atoms with Crippen LogP contribution in [0.15, 0.2) is 42.6 Å². The molecule has 2 heterocycles. The number of hydrogen-bond donors (Lipinski definition) is 3. The molecule has 2 aromatic rings. The zero-order valence-corrected chi connectivity index (χ0v) is 13.7. The first kappa shape index (κ1) is 16.7. The molecule has 6 heteroatoms. The highest BCUT2D eigenvalue weighted by atomic mass is 16.3. The molecule has 24 heavy (non-hydrogen) atoms. The summed E-state index contributed by atoms with van der Waals surface area (Å²) in [5.74, 6) is 0.0759. The molecule has 3 rings (SSSR count). The summed E-state index contributed by atoms with van der Waals surface area (Å²) in [7, 11) is 0. The predicted molar refractivity (Wildman–Crippen MR) is 91.1 cm³/mol. The first-order valence-electron chi connectivity index (χ1n) is 8.39. The van der Waals surface area contributed by atoms with E-state index in [-0.39, 0.29) is 30.9 Å². The second-order valence-electron chi connectivity index (χ2n) is 6.38. The highest BCUT2D eigenvalue weighted by Crippen LogP contribution is 2.19. The van der Waals surface area contributed by atoms with Gasteiger partial charge in [0.1, 0.15) is 0 Å². The van der Waals surface area contributed by atoms with Crippen LogP contribution in [0.3, 0.4) is 0 Å². The summed E-state index contributed by atoms with van der Waals surface area (Å²) in [5.41, 5.74) is 2.06. The van der Waals surface area contributed by atoms with E-state index < -0.39 is 0 Å². The van der Waals surface area contributed by atoms with E-state index in [1.54, 1.807) is 12.3 Å². The average Bonchev–Trinajstić information content (AvgIpc) is 3.09. The Morgan fingerprint density at radius 1 is 1.33 bits per heavy atom. The first-order valence-corrected chi connectivity index (χ1v) is 8.39. The van der Waals surface area contributed by atoms with Crippen LogP contribution in [0.25, 0.3) is 0 Å². The minimum atomic E-state index is -0.0377. The minimum Gasteiger partial charge on any atom is -0.396 e. The maximum absolute atomic E-state index is 12.2. The van der Waals surface area contributed by atoms with Crippen molar-refractivity contribution in [2.75, 3.05) is 19.7 Å². The third kappa shape index (κ3) is 4.43. The Balaban J connectivity index is 1.57. The molecule has 128 valence electrons. The van der Waals surface area contributed by atoms with Gasteiger partial charge in [-0.15, -0.1) is 0 Å². The Hall–Kier alpha value is -2.18. The molecule has 3 N–H and O–H groups in total. The number of aliphatic hydroxyl groups is 1. The van der Waals surface area contributed by atoms with Gasteiger partial charge in [0, 0.05) is 43.5 Å². The van der Waals surface area contributed by atoms with Gasteiger partial charge in [-0.2, -0.15) is 5.10 Å². The molecule has 2 atom stereocenters. The number of hydrogen-bond acceptors (Lipinski definition) is 4. The highest BCUT2D eigenvalue weighted by Gasteiger charge is 2.29. The molecule has 6 nitrogen and oxygen atoms in total. The van der Waals surface area contributed by atoms with Crippen molar-refractivity contribution in [3.05, 3.63) is 53.9 Å². The number of aromatic nitrogens is 2. The second-order valence-corrected chi connectivity index (χ2v) is 6.38. The van der Waals surface area contributed by atoms with Gasteiger partial charge < -0.3 is 10.4 Å². The normalized spacial score (nSPS) is 21.5. The van der Waals surface area contributed by atoms with Gasteiger partial charge in [0.2, 0.25) is 5.91 Å². The molecule has 0 spiro atoms. The molecule has 0 unspecified atom stereocenters. The molecule has 1 aliphatic heterocycles. The molecule has 1 aromatic heterocycles. The summed E-state index contributed by atoms with van der Waals surface area (Å²) in [5, 5.41) is 19.4. The lowest BCUT2D eigenvalue weighted by atomic mass is 9.91. The fraction of sp³-hybridized carbons (Fsp3) is 0.444. The van der Waals surface area contributed by atoms with Gasteiger partial charge in [-0.1, -0.05) is 30.3 Å². The van der Waals surface area contributed by atoms with E-state index in [4.69, 9.17) is 0 Å². The first-order chi connectivity index (χ1) is 11.7. The number of benzene rings is 1. The van der Waals surface area contributed by atoms with Gasteiger partial charge in [0.25, 0.3) is 0 Å². The van der Waals surface area contributed by atoms with Crippen LogP contribution in [-0.4, -0.2) is 51.8 Å². The fourth-order valence-electron chi connectivity index (χ4n) is 3.25. The lowest BCUT2D eigenvalue weighted by Crippen LogP contribution is -2.53. The number of nitrogens with zero attached hydrogens (tertiary/aromatic N) is 2. The molecule has 1 saturated heterocycles. The van der Waals surface area contributed by atoms with Crippen LogP contribution < -0.4 is 5.32 Å². The van der Waals surface area contributed by atoms with Crippen molar-refractivity contribution >= 4 is 5.91 Å². The maximum Gasteiger partial charge on any atom is 0.226 e. The molecule has 0 saturated carbocycles. The Morgan fingerprint density at radius 3 is 2.88 bits per heavy atom. The number of nitrogens with one attached hydrogen (secondary N) is 2. The zero-order chi connectivity index (χ0) is 16.8. The summed E-state index contributed by atoms with van der Waals surface area (Å²) in [6, 6.07) is 12.1. The van der Waals surface area contributed by atoms with E-state index in [2.05, 4.69) is 32.5 Å². The molecule has 1 fully saturated rings. The summed E-state index contributed by atoms with van der Waals surface area (Å²) >= 11 is 0. The number of rotatable bonds is 6. The van der Waals surface area contributed by atoms with Gasteiger partial charge in [0.05, 0.1) is 6.42 Å². The van der Waals surface area contributed by atoms with Crippen molar-refractivity contribution in [1.29, 1.82) is 0 Å². The van der Waals surface area contributed by atoms with Crippen molar-refractivity contribution in [3.63, 3.8) is 0 Å². The van der Waals surface area contributed by atoms with Crippen molar-refractivity contribution in [2.45, 2.75) is 25.4 Å². The monoisotopic (exact) mass is 328 g/mol. The second kappa shape index (κ2) is 8.08. The Labute approximate surface area is 141 Å². The van der Waals surface area contributed by atoms with Gasteiger partial charge in [-0.25, -0.2) is 0 Å². The van der Waals surface area contributed by atoms with Crippen LogP contribution in [0.4, 0.5) is 0 Å². The number of amides is 1. The molecule has 0 aliphatic carbocycles. The fourth-order valence-corrected chi connectivity index (χ4v) is 3.25. The van der Waals surface area contributed by atoms with E-state index >= 15 is 0 Å². The molecule has 1 aromatic carbocycles. The predicted octanol–water partition coefficient (Wildman–Crippen LogP) is 0.951. The van der Waals surface area contributed by atoms with E-state index in [9.17, 15) is 9.90 Å². The lowest BCUT2D eigenvalue weighted by Gasteiger charge is -2.38. The van der Waals surface area contributed by atoms with E-state index in [0.29, 0.717) is 0 Å². The summed E-state index contributed by atoms with van der Waals surface area (Å²) in [6.07, 6.45) is 2.81. The SMILES string of the molecule is O=C(Cc1ccn[nH]1)N[C@@H]1CN(Cc2ccccc2)CC[C@H]1CO.